The Morgan fingerprint density at radius 3 is 1.09 bits per heavy atom. The SMILES string of the molecule is CCCC/C=C\CCCCCCCC(=O)OCCCCCCCCCCCCCC/C=C\CCCCCCCCCCCCCCC(=O)NC(CO)C(O)/C=C/CCCCCCCCCCCC. The molecule has 0 bridgehead atoms. The minimum Gasteiger partial charge on any atom is -0.466 e. The van der Waals surface area contributed by atoms with Crippen LogP contribution in [0.1, 0.15) is 322 Å². The molecular weight excluding hydrogens is 839 g/mol. The maximum Gasteiger partial charge on any atom is 0.305 e. The first-order chi connectivity index (χ1) is 33.5. The fourth-order valence-electron chi connectivity index (χ4n) is 9.20. The van der Waals surface area contributed by atoms with Crippen LogP contribution in [0.4, 0.5) is 0 Å². The molecule has 0 aliphatic rings. The van der Waals surface area contributed by atoms with E-state index >= 15 is 0 Å². The largest absolute Gasteiger partial charge is 0.466 e. The second-order valence-electron chi connectivity index (χ2n) is 20.7. The fraction of sp³-hybridized carbons (Fsp3) is 0.871. The van der Waals surface area contributed by atoms with Crippen molar-refractivity contribution in [1.29, 1.82) is 0 Å². The Balaban J connectivity index is 3.39. The quantitative estimate of drug-likeness (QED) is 0.0321. The van der Waals surface area contributed by atoms with Gasteiger partial charge in [-0.2, -0.15) is 0 Å². The van der Waals surface area contributed by atoms with E-state index in [0.717, 1.165) is 44.9 Å². The van der Waals surface area contributed by atoms with Gasteiger partial charge >= 0.3 is 5.97 Å². The molecule has 0 aromatic heterocycles. The highest BCUT2D eigenvalue weighted by Gasteiger charge is 2.18. The number of nitrogens with one attached hydrogen (secondary N) is 1. The van der Waals surface area contributed by atoms with Crippen LogP contribution >= 0.6 is 0 Å². The number of aliphatic hydroxyl groups is 2. The zero-order valence-corrected chi connectivity index (χ0v) is 45.6. The number of esters is 1. The first kappa shape index (κ1) is 66.1. The molecule has 0 fully saturated rings. The van der Waals surface area contributed by atoms with E-state index in [-0.39, 0.29) is 18.5 Å². The van der Waals surface area contributed by atoms with Crippen molar-refractivity contribution in [2.75, 3.05) is 13.2 Å². The predicted molar refractivity (Wildman–Crippen MR) is 296 cm³/mol. The second kappa shape index (κ2) is 57.7. The van der Waals surface area contributed by atoms with Gasteiger partial charge in [-0.3, -0.25) is 9.59 Å². The van der Waals surface area contributed by atoms with Crippen molar-refractivity contribution in [3.63, 3.8) is 0 Å². The summed E-state index contributed by atoms with van der Waals surface area (Å²) in [6, 6.07) is -0.627. The van der Waals surface area contributed by atoms with Gasteiger partial charge < -0.3 is 20.3 Å². The molecule has 2 atom stereocenters. The molecule has 400 valence electrons. The summed E-state index contributed by atoms with van der Waals surface area (Å²) >= 11 is 0. The Hall–Kier alpha value is -1.92. The number of amides is 1. The van der Waals surface area contributed by atoms with E-state index in [1.54, 1.807) is 6.08 Å². The van der Waals surface area contributed by atoms with Gasteiger partial charge in [-0.1, -0.05) is 269 Å². The van der Waals surface area contributed by atoms with Crippen molar-refractivity contribution < 1.29 is 24.5 Å². The Labute approximate surface area is 424 Å². The molecule has 1 amide bonds. The normalized spacial score (nSPS) is 12.8. The lowest BCUT2D eigenvalue weighted by molar-refractivity contribution is -0.143. The van der Waals surface area contributed by atoms with Crippen LogP contribution in [-0.4, -0.2) is 47.4 Å². The zero-order chi connectivity index (χ0) is 49.3. The molecule has 3 N–H and O–H groups in total. The van der Waals surface area contributed by atoms with Crippen LogP contribution in [0.5, 0.6) is 0 Å². The van der Waals surface area contributed by atoms with Gasteiger partial charge in [0, 0.05) is 12.8 Å². The average molecular weight is 957 g/mol. The molecule has 2 unspecified atom stereocenters. The number of allylic oxidation sites excluding steroid dienone is 5. The molecule has 0 spiro atoms. The number of rotatable bonds is 56. The maximum absolute atomic E-state index is 12.4. The molecule has 6 heteroatoms. The minimum absolute atomic E-state index is 0.00404. The lowest BCUT2D eigenvalue weighted by atomic mass is 10.0. The second-order valence-corrected chi connectivity index (χ2v) is 20.7. The lowest BCUT2D eigenvalue weighted by Gasteiger charge is -2.20. The highest BCUT2D eigenvalue weighted by atomic mass is 16.5. The van der Waals surface area contributed by atoms with Crippen LogP contribution in [-0.2, 0) is 14.3 Å². The van der Waals surface area contributed by atoms with Crippen molar-refractivity contribution in [3.8, 4) is 0 Å². The third kappa shape index (κ3) is 53.4. The van der Waals surface area contributed by atoms with Crippen LogP contribution in [0.2, 0.25) is 0 Å². The third-order valence-electron chi connectivity index (χ3n) is 13.9. The summed E-state index contributed by atoms with van der Waals surface area (Å²) in [7, 11) is 0. The predicted octanol–water partition coefficient (Wildman–Crippen LogP) is 18.8. The van der Waals surface area contributed by atoms with Gasteiger partial charge in [0.05, 0.1) is 25.4 Å². The Bertz CT molecular complexity index is 1100. The summed E-state index contributed by atoms with van der Waals surface area (Å²) in [5, 5.41) is 23.0. The number of hydrogen-bond donors (Lipinski definition) is 3. The highest BCUT2D eigenvalue weighted by molar-refractivity contribution is 5.76. The van der Waals surface area contributed by atoms with Gasteiger partial charge in [-0.15, -0.1) is 0 Å². The lowest BCUT2D eigenvalue weighted by Crippen LogP contribution is -2.45. The summed E-state index contributed by atoms with van der Waals surface area (Å²) < 4.78 is 5.46. The van der Waals surface area contributed by atoms with Crippen LogP contribution in [0.15, 0.2) is 36.5 Å². The molecule has 0 saturated heterocycles. The van der Waals surface area contributed by atoms with Crippen LogP contribution in [0.25, 0.3) is 0 Å². The van der Waals surface area contributed by atoms with E-state index in [1.165, 1.54) is 250 Å². The van der Waals surface area contributed by atoms with Crippen molar-refractivity contribution in [1.82, 2.24) is 5.32 Å². The average Bonchev–Trinajstić information content (AvgIpc) is 3.34. The summed E-state index contributed by atoms with van der Waals surface area (Å²) in [6.07, 6.45) is 71.9. The Morgan fingerprint density at radius 1 is 0.397 bits per heavy atom. The molecule has 0 saturated carbocycles. The smallest absolute Gasteiger partial charge is 0.305 e. The van der Waals surface area contributed by atoms with Gasteiger partial charge in [0.2, 0.25) is 5.91 Å². The van der Waals surface area contributed by atoms with Crippen molar-refractivity contribution in [2.45, 2.75) is 334 Å². The summed E-state index contributed by atoms with van der Waals surface area (Å²) in [4.78, 5) is 24.4. The topological polar surface area (TPSA) is 95.9 Å². The molecule has 0 aromatic rings. The van der Waals surface area contributed by atoms with Gasteiger partial charge in [0.1, 0.15) is 0 Å². The fourth-order valence-corrected chi connectivity index (χ4v) is 9.20. The van der Waals surface area contributed by atoms with E-state index in [0.29, 0.717) is 19.4 Å². The maximum atomic E-state index is 12.4. The standard InChI is InChI=1S/C62H117NO5/c1-3-5-7-9-11-13-15-35-38-42-46-50-54-60(65)59(58-64)63-61(66)55-51-47-43-39-36-32-30-28-26-24-22-20-18-16-17-19-21-23-25-27-29-31-33-37-41-45-49-53-57-68-62(67)56-52-48-44-40-34-14-12-10-8-6-4-2/h10,12,16-17,50,54,59-60,64-65H,3-9,11,13-15,18-49,51-53,55-58H2,1-2H3,(H,63,66)/b12-10-,17-16-,54-50+. The molecule has 0 aliphatic heterocycles. The molecule has 0 aromatic carbocycles. The number of aliphatic hydroxyl groups excluding tert-OH is 2. The number of carbonyl (C=O) groups excluding carboxylic acids is 2. The van der Waals surface area contributed by atoms with E-state index in [1.807, 2.05) is 6.08 Å². The van der Waals surface area contributed by atoms with Gasteiger partial charge in [0.25, 0.3) is 0 Å². The zero-order valence-electron chi connectivity index (χ0n) is 45.6. The van der Waals surface area contributed by atoms with Crippen LogP contribution in [0, 0.1) is 0 Å². The molecule has 0 heterocycles. The van der Waals surface area contributed by atoms with E-state index < -0.39 is 12.1 Å². The van der Waals surface area contributed by atoms with Crippen molar-refractivity contribution >= 4 is 11.9 Å². The Morgan fingerprint density at radius 2 is 0.706 bits per heavy atom. The first-order valence-corrected chi connectivity index (χ1v) is 30.3. The van der Waals surface area contributed by atoms with E-state index in [2.05, 4.69) is 43.5 Å². The summed E-state index contributed by atoms with van der Waals surface area (Å²) in [5.74, 6) is -0.0642. The monoisotopic (exact) mass is 956 g/mol. The van der Waals surface area contributed by atoms with Gasteiger partial charge in [-0.25, -0.2) is 0 Å². The van der Waals surface area contributed by atoms with Gasteiger partial charge in [-0.05, 0) is 77.0 Å². The highest BCUT2D eigenvalue weighted by Crippen LogP contribution is 2.17. The van der Waals surface area contributed by atoms with Crippen molar-refractivity contribution in [3.05, 3.63) is 36.5 Å². The number of ether oxygens (including phenoxy) is 1. The third-order valence-corrected chi connectivity index (χ3v) is 13.9. The van der Waals surface area contributed by atoms with E-state index in [9.17, 15) is 19.8 Å². The summed E-state index contributed by atoms with van der Waals surface area (Å²) in [5.41, 5.74) is 0. The van der Waals surface area contributed by atoms with Crippen LogP contribution in [0.3, 0.4) is 0 Å². The van der Waals surface area contributed by atoms with Crippen molar-refractivity contribution in [2.24, 2.45) is 0 Å². The van der Waals surface area contributed by atoms with Crippen LogP contribution < -0.4 is 5.32 Å². The minimum atomic E-state index is -0.843. The number of carbonyl (C=O) groups is 2. The summed E-state index contributed by atoms with van der Waals surface area (Å²) in [6.45, 7) is 4.86. The Kier molecular flexibility index (Phi) is 56.0. The molecule has 0 aliphatic carbocycles. The molecule has 0 rings (SSSR count). The molecular formula is C62H117NO5. The van der Waals surface area contributed by atoms with E-state index in [4.69, 9.17) is 4.74 Å². The molecule has 68 heavy (non-hydrogen) atoms. The van der Waals surface area contributed by atoms with Gasteiger partial charge in [0.15, 0.2) is 0 Å². The first-order valence-electron chi connectivity index (χ1n) is 30.3. The molecule has 6 nitrogen and oxygen atoms in total. The molecule has 0 radical (unpaired) electrons. The number of unbranched alkanes of at least 4 members (excludes halogenated alkanes) is 41. The number of hydrogen-bond acceptors (Lipinski definition) is 5.